The van der Waals surface area contributed by atoms with Gasteiger partial charge < -0.3 is 9.64 Å². The Kier molecular flexibility index (Phi) is 3.37. The standard InChI is InChI=1S/C12H13FN2O4/c1-14(7-3-4-7)10-5-8(12(16)19-2)9(13)6-11(10)15(17)18/h5-7H,3-4H2,1-2H3. The van der Waals surface area contributed by atoms with Crippen LogP contribution in [0.25, 0.3) is 0 Å². The number of hydrogen-bond donors (Lipinski definition) is 0. The lowest BCUT2D eigenvalue weighted by molar-refractivity contribution is -0.384. The van der Waals surface area contributed by atoms with Crippen LogP contribution in [0.5, 0.6) is 0 Å². The van der Waals surface area contributed by atoms with E-state index in [-0.39, 0.29) is 23.0 Å². The Morgan fingerprint density at radius 1 is 1.53 bits per heavy atom. The normalized spacial score (nSPS) is 14.1. The van der Waals surface area contributed by atoms with Gasteiger partial charge in [-0.1, -0.05) is 0 Å². The SMILES string of the molecule is COC(=O)c1cc(N(C)C2CC2)c([N+](=O)[O-])cc1F. The zero-order chi connectivity index (χ0) is 14.2. The van der Waals surface area contributed by atoms with Crippen molar-refractivity contribution in [2.75, 3.05) is 19.1 Å². The number of ether oxygens (including phenoxy) is 1. The smallest absolute Gasteiger partial charge is 0.340 e. The maximum atomic E-state index is 13.7. The minimum absolute atomic E-state index is 0.203. The summed E-state index contributed by atoms with van der Waals surface area (Å²) in [5, 5.41) is 11.0. The number of nitro benzene ring substituents is 1. The van der Waals surface area contributed by atoms with Gasteiger partial charge in [-0.05, 0) is 18.9 Å². The number of hydrogen-bond acceptors (Lipinski definition) is 5. The van der Waals surface area contributed by atoms with E-state index in [1.807, 2.05) is 0 Å². The third kappa shape index (κ3) is 2.49. The number of esters is 1. The minimum atomic E-state index is -0.952. The first kappa shape index (κ1) is 13.3. The second-order valence-corrected chi connectivity index (χ2v) is 4.41. The van der Waals surface area contributed by atoms with Gasteiger partial charge in [0.05, 0.1) is 23.7 Å². The average Bonchev–Trinajstić information content (AvgIpc) is 3.20. The summed E-state index contributed by atoms with van der Waals surface area (Å²) in [6.45, 7) is 0. The monoisotopic (exact) mass is 268 g/mol. The molecule has 0 bridgehead atoms. The molecule has 0 saturated heterocycles. The van der Waals surface area contributed by atoms with Gasteiger partial charge >= 0.3 is 5.97 Å². The second-order valence-electron chi connectivity index (χ2n) is 4.41. The highest BCUT2D eigenvalue weighted by Gasteiger charge is 2.32. The molecule has 7 heteroatoms. The van der Waals surface area contributed by atoms with Crippen LogP contribution in [0.4, 0.5) is 15.8 Å². The van der Waals surface area contributed by atoms with E-state index in [9.17, 15) is 19.3 Å². The van der Waals surface area contributed by atoms with E-state index in [4.69, 9.17) is 0 Å². The van der Waals surface area contributed by atoms with Crippen molar-refractivity contribution in [2.24, 2.45) is 0 Å². The lowest BCUT2D eigenvalue weighted by Crippen LogP contribution is -2.21. The van der Waals surface area contributed by atoms with Crippen LogP contribution in [0, 0.1) is 15.9 Å². The molecular formula is C12H13FN2O4. The number of carbonyl (C=O) groups excluding carboxylic acids is 1. The fraction of sp³-hybridized carbons (Fsp3) is 0.417. The molecule has 1 aromatic carbocycles. The number of anilines is 1. The molecule has 0 unspecified atom stereocenters. The van der Waals surface area contributed by atoms with Crippen LogP contribution in [0.1, 0.15) is 23.2 Å². The summed E-state index contributed by atoms with van der Waals surface area (Å²) in [6.07, 6.45) is 1.86. The van der Waals surface area contributed by atoms with Gasteiger partial charge in [0.15, 0.2) is 0 Å². The van der Waals surface area contributed by atoms with Gasteiger partial charge in [-0.3, -0.25) is 10.1 Å². The van der Waals surface area contributed by atoms with Crippen molar-refractivity contribution < 1.29 is 18.8 Å². The summed E-state index contributed by atoms with van der Waals surface area (Å²) in [5.41, 5.74) is -0.413. The van der Waals surface area contributed by atoms with Crippen molar-refractivity contribution >= 4 is 17.3 Å². The molecule has 0 aromatic heterocycles. The first-order chi connectivity index (χ1) is 8.95. The summed E-state index contributed by atoms with van der Waals surface area (Å²) >= 11 is 0. The molecule has 0 amide bonds. The summed E-state index contributed by atoms with van der Waals surface area (Å²) in [5.74, 6) is -1.80. The number of nitrogens with zero attached hydrogens (tertiary/aromatic N) is 2. The van der Waals surface area contributed by atoms with Crippen LogP contribution >= 0.6 is 0 Å². The highest BCUT2D eigenvalue weighted by Crippen LogP contribution is 2.37. The molecule has 0 N–H and O–H groups in total. The van der Waals surface area contributed by atoms with Gasteiger partial charge in [-0.25, -0.2) is 9.18 Å². The zero-order valence-electron chi connectivity index (χ0n) is 10.6. The van der Waals surface area contributed by atoms with Gasteiger partial charge in [0.2, 0.25) is 0 Å². The molecule has 6 nitrogen and oxygen atoms in total. The molecular weight excluding hydrogens is 255 g/mol. The molecule has 0 spiro atoms. The van der Waals surface area contributed by atoms with Crippen LogP contribution < -0.4 is 4.90 Å². The number of rotatable bonds is 4. The van der Waals surface area contributed by atoms with Crippen molar-refractivity contribution in [3.8, 4) is 0 Å². The van der Waals surface area contributed by atoms with Crippen LogP contribution in [0.2, 0.25) is 0 Å². The lowest BCUT2D eigenvalue weighted by Gasteiger charge is -2.19. The maximum Gasteiger partial charge on any atom is 0.340 e. The van der Waals surface area contributed by atoms with Crippen molar-refractivity contribution in [2.45, 2.75) is 18.9 Å². The van der Waals surface area contributed by atoms with Crippen molar-refractivity contribution in [3.63, 3.8) is 0 Å². The van der Waals surface area contributed by atoms with E-state index in [1.165, 1.54) is 6.07 Å². The Morgan fingerprint density at radius 2 is 2.16 bits per heavy atom. The van der Waals surface area contributed by atoms with E-state index in [2.05, 4.69) is 4.74 Å². The quantitative estimate of drug-likeness (QED) is 0.475. The van der Waals surface area contributed by atoms with Gasteiger partial charge in [-0.2, -0.15) is 0 Å². The fourth-order valence-corrected chi connectivity index (χ4v) is 1.90. The Hall–Kier alpha value is -2.18. The van der Waals surface area contributed by atoms with Crippen LogP contribution in [-0.2, 0) is 4.74 Å². The van der Waals surface area contributed by atoms with E-state index < -0.39 is 16.7 Å². The molecule has 0 aliphatic heterocycles. The third-order valence-corrected chi connectivity index (χ3v) is 3.14. The van der Waals surface area contributed by atoms with Crippen LogP contribution in [-0.4, -0.2) is 31.1 Å². The molecule has 0 radical (unpaired) electrons. The largest absolute Gasteiger partial charge is 0.465 e. The van der Waals surface area contributed by atoms with Crippen molar-refractivity contribution in [3.05, 3.63) is 33.6 Å². The third-order valence-electron chi connectivity index (χ3n) is 3.14. The number of nitro groups is 1. The predicted molar refractivity (Wildman–Crippen MR) is 65.8 cm³/mol. The summed E-state index contributed by atoms with van der Waals surface area (Å²) in [7, 11) is 2.83. The number of halogens is 1. The Labute approximate surface area is 108 Å². The Balaban J connectivity index is 2.53. The molecule has 1 aromatic rings. The van der Waals surface area contributed by atoms with E-state index in [0.29, 0.717) is 0 Å². The number of methoxy groups -OCH3 is 1. The van der Waals surface area contributed by atoms with Gasteiger partial charge in [0, 0.05) is 13.1 Å². The topological polar surface area (TPSA) is 72.7 Å². The highest BCUT2D eigenvalue weighted by molar-refractivity contribution is 5.92. The molecule has 19 heavy (non-hydrogen) atoms. The lowest BCUT2D eigenvalue weighted by atomic mass is 10.1. The fourth-order valence-electron chi connectivity index (χ4n) is 1.90. The van der Waals surface area contributed by atoms with E-state index >= 15 is 0 Å². The van der Waals surface area contributed by atoms with E-state index in [0.717, 1.165) is 26.0 Å². The molecule has 0 heterocycles. The number of carbonyl (C=O) groups is 1. The molecule has 1 aliphatic carbocycles. The Bertz CT molecular complexity index is 543. The molecule has 1 saturated carbocycles. The highest BCUT2D eigenvalue weighted by atomic mass is 19.1. The molecule has 2 rings (SSSR count). The molecule has 102 valence electrons. The van der Waals surface area contributed by atoms with Crippen molar-refractivity contribution in [1.82, 2.24) is 0 Å². The van der Waals surface area contributed by atoms with Gasteiger partial charge in [0.1, 0.15) is 11.5 Å². The summed E-state index contributed by atoms with van der Waals surface area (Å²) in [4.78, 5) is 23.4. The first-order valence-electron chi connectivity index (χ1n) is 5.74. The van der Waals surface area contributed by atoms with E-state index in [1.54, 1.807) is 11.9 Å². The summed E-state index contributed by atoms with van der Waals surface area (Å²) in [6, 6.07) is 2.15. The summed E-state index contributed by atoms with van der Waals surface area (Å²) < 4.78 is 18.1. The van der Waals surface area contributed by atoms with Crippen LogP contribution in [0.15, 0.2) is 12.1 Å². The predicted octanol–water partition coefficient (Wildman–Crippen LogP) is 2.12. The second kappa shape index (κ2) is 4.83. The van der Waals surface area contributed by atoms with Gasteiger partial charge in [0.25, 0.3) is 5.69 Å². The minimum Gasteiger partial charge on any atom is -0.465 e. The van der Waals surface area contributed by atoms with Gasteiger partial charge in [-0.15, -0.1) is 0 Å². The Morgan fingerprint density at radius 3 is 2.63 bits per heavy atom. The van der Waals surface area contributed by atoms with Crippen molar-refractivity contribution in [1.29, 1.82) is 0 Å². The average molecular weight is 268 g/mol. The zero-order valence-corrected chi connectivity index (χ0v) is 10.6. The molecule has 0 atom stereocenters. The first-order valence-corrected chi connectivity index (χ1v) is 5.74. The van der Waals surface area contributed by atoms with Crippen LogP contribution in [0.3, 0.4) is 0 Å². The maximum absolute atomic E-state index is 13.7. The molecule has 1 fully saturated rings. The molecule has 1 aliphatic rings. The number of benzene rings is 1.